The minimum atomic E-state index is 0.320. The molecule has 1 aliphatic heterocycles. The van der Waals surface area contributed by atoms with Crippen LogP contribution in [0.3, 0.4) is 0 Å². The van der Waals surface area contributed by atoms with Gasteiger partial charge in [-0.1, -0.05) is 0 Å². The van der Waals surface area contributed by atoms with Crippen molar-refractivity contribution < 1.29 is 4.42 Å². The van der Waals surface area contributed by atoms with E-state index in [4.69, 9.17) is 4.42 Å². The summed E-state index contributed by atoms with van der Waals surface area (Å²) in [6, 6.07) is 6.01. The van der Waals surface area contributed by atoms with Crippen LogP contribution in [0, 0.1) is 0 Å². The fourth-order valence-electron chi connectivity index (χ4n) is 3.05. The third-order valence-corrected chi connectivity index (χ3v) is 4.92. The molecule has 1 fully saturated rings. The number of hydrogen-bond acceptors (Lipinski definition) is 6. The molecular formula is C17H18N4OS. The summed E-state index contributed by atoms with van der Waals surface area (Å²) >= 11 is 1.75. The van der Waals surface area contributed by atoms with Crippen molar-refractivity contribution in [3.8, 4) is 11.5 Å². The van der Waals surface area contributed by atoms with Gasteiger partial charge in [0.05, 0.1) is 11.5 Å². The van der Waals surface area contributed by atoms with Crippen LogP contribution in [0.2, 0.25) is 0 Å². The van der Waals surface area contributed by atoms with E-state index in [2.05, 4.69) is 36.9 Å². The Morgan fingerprint density at radius 2 is 2.30 bits per heavy atom. The molecule has 0 saturated carbocycles. The van der Waals surface area contributed by atoms with Crippen LogP contribution >= 0.6 is 11.3 Å². The lowest BCUT2D eigenvalue weighted by molar-refractivity contribution is 0.186. The maximum absolute atomic E-state index is 5.91. The van der Waals surface area contributed by atoms with Crippen molar-refractivity contribution in [1.29, 1.82) is 0 Å². The van der Waals surface area contributed by atoms with E-state index < -0.39 is 0 Å². The average molecular weight is 326 g/mol. The van der Waals surface area contributed by atoms with E-state index in [0.717, 1.165) is 37.5 Å². The Morgan fingerprint density at radius 1 is 1.30 bits per heavy atom. The quantitative estimate of drug-likeness (QED) is 0.733. The molecule has 0 aliphatic carbocycles. The molecule has 3 aromatic heterocycles. The summed E-state index contributed by atoms with van der Waals surface area (Å²) in [5, 5.41) is 12.8. The van der Waals surface area contributed by atoms with E-state index in [-0.39, 0.29) is 0 Å². The number of thiophene rings is 1. The first kappa shape index (κ1) is 14.5. The number of pyridine rings is 1. The topological polar surface area (TPSA) is 55.1 Å². The summed E-state index contributed by atoms with van der Waals surface area (Å²) in [5.74, 6) is 1.63. The van der Waals surface area contributed by atoms with Crippen molar-refractivity contribution in [2.45, 2.75) is 25.3 Å². The molecule has 0 N–H and O–H groups in total. The fourth-order valence-corrected chi connectivity index (χ4v) is 3.71. The Kier molecular flexibility index (Phi) is 4.17. The van der Waals surface area contributed by atoms with Crippen molar-refractivity contribution in [1.82, 2.24) is 20.1 Å². The van der Waals surface area contributed by atoms with Crippen molar-refractivity contribution in [3.63, 3.8) is 0 Å². The third kappa shape index (κ3) is 3.33. The first-order chi connectivity index (χ1) is 11.4. The predicted molar refractivity (Wildman–Crippen MR) is 89.1 cm³/mol. The number of likely N-dealkylation sites (tertiary alicyclic amines) is 1. The molecule has 0 spiro atoms. The van der Waals surface area contributed by atoms with Gasteiger partial charge in [0.15, 0.2) is 0 Å². The van der Waals surface area contributed by atoms with Crippen LogP contribution in [0.1, 0.15) is 30.2 Å². The highest BCUT2D eigenvalue weighted by Gasteiger charge is 2.26. The normalized spacial score (nSPS) is 19.0. The summed E-state index contributed by atoms with van der Waals surface area (Å²) in [6.07, 6.45) is 5.76. The summed E-state index contributed by atoms with van der Waals surface area (Å²) in [6.45, 7) is 3.12. The molecule has 3 aromatic rings. The molecule has 1 unspecified atom stereocenters. The summed E-state index contributed by atoms with van der Waals surface area (Å²) in [4.78, 5) is 6.58. The standard InChI is InChI=1S/C17H18N4OS/c1-3-14(9-18-6-1)16-19-20-17(22-16)15-4-2-7-21(11-15)10-13-5-8-23-12-13/h1,3,5-6,8-9,12,15H,2,4,7,10-11H2. The van der Waals surface area contributed by atoms with Crippen LogP contribution in [0.15, 0.2) is 45.8 Å². The number of rotatable bonds is 4. The fraction of sp³-hybridized carbons (Fsp3) is 0.353. The monoisotopic (exact) mass is 326 g/mol. The third-order valence-electron chi connectivity index (χ3n) is 4.19. The van der Waals surface area contributed by atoms with Crippen LogP contribution in [0.5, 0.6) is 0 Å². The number of hydrogen-bond donors (Lipinski definition) is 0. The van der Waals surface area contributed by atoms with Crippen molar-refractivity contribution in [2.24, 2.45) is 0 Å². The number of nitrogens with zero attached hydrogens (tertiary/aromatic N) is 4. The number of piperidine rings is 1. The van der Waals surface area contributed by atoms with E-state index >= 15 is 0 Å². The highest BCUT2D eigenvalue weighted by atomic mass is 32.1. The van der Waals surface area contributed by atoms with Gasteiger partial charge < -0.3 is 4.42 Å². The van der Waals surface area contributed by atoms with Gasteiger partial charge in [-0.2, -0.15) is 11.3 Å². The second-order valence-corrected chi connectivity index (χ2v) is 6.67. The molecule has 1 atom stereocenters. The van der Waals surface area contributed by atoms with E-state index in [0.29, 0.717) is 11.8 Å². The van der Waals surface area contributed by atoms with Crippen molar-refractivity contribution in [3.05, 3.63) is 52.8 Å². The molecular weight excluding hydrogens is 308 g/mol. The van der Waals surface area contributed by atoms with Crippen LogP contribution < -0.4 is 0 Å². The second kappa shape index (κ2) is 6.60. The van der Waals surface area contributed by atoms with Gasteiger partial charge in [-0.15, -0.1) is 10.2 Å². The van der Waals surface area contributed by atoms with Gasteiger partial charge in [0.1, 0.15) is 0 Å². The average Bonchev–Trinajstić information content (AvgIpc) is 3.28. The van der Waals surface area contributed by atoms with Crippen LogP contribution in [-0.2, 0) is 6.54 Å². The Hall–Kier alpha value is -2.05. The molecule has 23 heavy (non-hydrogen) atoms. The molecule has 0 aromatic carbocycles. The first-order valence-corrected chi connectivity index (χ1v) is 8.80. The molecule has 0 amide bonds. The first-order valence-electron chi connectivity index (χ1n) is 7.86. The van der Waals surface area contributed by atoms with E-state index in [1.165, 1.54) is 12.0 Å². The maximum atomic E-state index is 5.91. The lowest BCUT2D eigenvalue weighted by atomic mass is 9.98. The smallest absolute Gasteiger partial charge is 0.249 e. The van der Waals surface area contributed by atoms with Crippen molar-refractivity contribution in [2.75, 3.05) is 13.1 Å². The largest absolute Gasteiger partial charge is 0.420 e. The van der Waals surface area contributed by atoms with Gasteiger partial charge in [-0.05, 0) is 53.9 Å². The van der Waals surface area contributed by atoms with Gasteiger partial charge in [0, 0.05) is 25.5 Å². The van der Waals surface area contributed by atoms with Gasteiger partial charge in [-0.3, -0.25) is 9.88 Å². The molecule has 6 heteroatoms. The molecule has 118 valence electrons. The minimum absolute atomic E-state index is 0.320. The zero-order valence-corrected chi connectivity index (χ0v) is 13.6. The lowest BCUT2D eigenvalue weighted by Crippen LogP contribution is -2.33. The van der Waals surface area contributed by atoms with Crippen LogP contribution in [0.25, 0.3) is 11.5 Å². The Labute approximate surface area is 139 Å². The van der Waals surface area contributed by atoms with E-state index in [9.17, 15) is 0 Å². The van der Waals surface area contributed by atoms with Crippen LogP contribution in [0.4, 0.5) is 0 Å². The minimum Gasteiger partial charge on any atom is -0.420 e. The highest BCUT2D eigenvalue weighted by Crippen LogP contribution is 2.29. The highest BCUT2D eigenvalue weighted by molar-refractivity contribution is 7.07. The molecule has 0 bridgehead atoms. The van der Waals surface area contributed by atoms with Crippen molar-refractivity contribution >= 4 is 11.3 Å². The second-order valence-electron chi connectivity index (χ2n) is 5.89. The Bertz CT molecular complexity index is 741. The van der Waals surface area contributed by atoms with E-state index in [1.807, 2.05) is 12.1 Å². The van der Waals surface area contributed by atoms with E-state index in [1.54, 1.807) is 23.7 Å². The molecule has 1 aliphatic rings. The summed E-state index contributed by atoms with van der Waals surface area (Å²) in [7, 11) is 0. The summed E-state index contributed by atoms with van der Waals surface area (Å²) in [5.41, 5.74) is 2.26. The predicted octanol–water partition coefficient (Wildman–Crippen LogP) is 3.57. The zero-order valence-electron chi connectivity index (χ0n) is 12.8. The Balaban J connectivity index is 1.46. The molecule has 0 radical (unpaired) electrons. The molecule has 4 heterocycles. The van der Waals surface area contributed by atoms with Gasteiger partial charge in [0.25, 0.3) is 0 Å². The lowest BCUT2D eigenvalue weighted by Gasteiger charge is -2.30. The Morgan fingerprint density at radius 3 is 3.13 bits per heavy atom. The zero-order chi connectivity index (χ0) is 15.5. The molecule has 4 rings (SSSR count). The SMILES string of the molecule is c1cncc(-c2nnc(C3CCCN(Cc4ccsc4)C3)o2)c1. The van der Waals surface area contributed by atoms with Gasteiger partial charge in [0.2, 0.25) is 11.8 Å². The van der Waals surface area contributed by atoms with Gasteiger partial charge in [-0.25, -0.2) is 0 Å². The maximum Gasteiger partial charge on any atom is 0.249 e. The summed E-state index contributed by atoms with van der Waals surface area (Å²) < 4.78 is 5.91. The van der Waals surface area contributed by atoms with Crippen LogP contribution in [-0.4, -0.2) is 33.2 Å². The molecule has 5 nitrogen and oxygen atoms in total. The number of aromatic nitrogens is 3. The molecule has 1 saturated heterocycles. The van der Waals surface area contributed by atoms with Gasteiger partial charge >= 0.3 is 0 Å².